The number of nitrogens with one attached hydrogen (secondary N) is 1. The molecule has 1 saturated heterocycles. The number of rotatable bonds is 2. The maximum absolute atomic E-state index is 14.2. The van der Waals surface area contributed by atoms with Crippen molar-refractivity contribution in [2.24, 2.45) is 11.8 Å². The number of imide groups is 1. The minimum atomic E-state index is -0.456. The molecule has 2 aliphatic rings. The van der Waals surface area contributed by atoms with Crippen LogP contribution in [-0.2, 0) is 9.59 Å². The van der Waals surface area contributed by atoms with Crippen molar-refractivity contribution in [3.05, 3.63) is 34.6 Å². The van der Waals surface area contributed by atoms with Gasteiger partial charge in [-0.15, -0.1) is 0 Å². The van der Waals surface area contributed by atoms with E-state index in [2.05, 4.69) is 5.32 Å². The number of benzene rings is 1. The van der Waals surface area contributed by atoms with Gasteiger partial charge in [0, 0.05) is 28.8 Å². The lowest BCUT2D eigenvalue weighted by Gasteiger charge is -2.34. The summed E-state index contributed by atoms with van der Waals surface area (Å²) in [5.74, 6) is -1.67. The summed E-state index contributed by atoms with van der Waals surface area (Å²) in [6.45, 7) is 0. The molecule has 0 radical (unpaired) electrons. The van der Waals surface area contributed by atoms with Crippen LogP contribution in [0.2, 0.25) is 5.02 Å². The number of carbonyl (C=O) groups excluding carboxylic acids is 2. The Balaban J connectivity index is 2.02. The second-order valence-electron chi connectivity index (χ2n) is 5.93. The molecule has 3 nitrogen and oxygen atoms in total. The number of piperidine rings is 1. The average molecular weight is 310 g/mol. The number of amides is 2. The van der Waals surface area contributed by atoms with E-state index in [-0.39, 0.29) is 30.1 Å². The van der Waals surface area contributed by atoms with Crippen molar-refractivity contribution in [3.63, 3.8) is 0 Å². The first-order valence-corrected chi connectivity index (χ1v) is 7.73. The van der Waals surface area contributed by atoms with E-state index in [1.807, 2.05) is 0 Å². The smallest absolute Gasteiger partial charge is 0.230 e. The van der Waals surface area contributed by atoms with Gasteiger partial charge in [0.05, 0.1) is 0 Å². The van der Waals surface area contributed by atoms with Gasteiger partial charge in [-0.1, -0.05) is 30.5 Å². The first kappa shape index (κ1) is 14.5. The second kappa shape index (κ2) is 5.76. The monoisotopic (exact) mass is 309 g/mol. The molecule has 1 aliphatic carbocycles. The first-order chi connectivity index (χ1) is 10.1. The lowest BCUT2D eigenvalue weighted by atomic mass is 9.72. The van der Waals surface area contributed by atoms with Crippen LogP contribution in [0, 0.1) is 17.7 Å². The molecule has 1 N–H and O–H groups in total. The molecule has 5 heteroatoms. The van der Waals surface area contributed by atoms with Crippen LogP contribution in [0.15, 0.2) is 18.2 Å². The van der Waals surface area contributed by atoms with Crippen LogP contribution >= 0.6 is 11.6 Å². The molecule has 112 valence electrons. The molecule has 3 rings (SSSR count). The quantitative estimate of drug-likeness (QED) is 0.851. The predicted molar refractivity (Wildman–Crippen MR) is 77.4 cm³/mol. The maximum Gasteiger partial charge on any atom is 0.230 e. The Hall–Kier alpha value is -1.42. The van der Waals surface area contributed by atoms with Crippen LogP contribution in [0.3, 0.4) is 0 Å². The van der Waals surface area contributed by atoms with E-state index in [0.717, 1.165) is 25.7 Å². The summed E-state index contributed by atoms with van der Waals surface area (Å²) in [6, 6.07) is 4.49. The topological polar surface area (TPSA) is 46.2 Å². The third-order valence-corrected chi connectivity index (χ3v) is 5.01. The molecule has 1 aromatic rings. The van der Waals surface area contributed by atoms with Crippen molar-refractivity contribution in [3.8, 4) is 0 Å². The van der Waals surface area contributed by atoms with E-state index in [9.17, 15) is 14.0 Å². The summed E-state index contributed by atoms with van der Waals surface area (Å²) >= 11 is 6.15. The van der Waals surface area contributed by atoms with Crippen molar-refractivity contribution < 1.29 is 14.0 Å². The van der Waals surface area contributed by atoms with Crippen molar-refractivity contribution in [2.45, 2.75) is 38.0 Å². The second-order valence-corrected chi connectivity index (χ2v) is 6.34. The highest BCUT2D eigenvalue weighted by Gasteiger charge is 2.43. The summed E-state index contributed by atoms with van der Waals surface area (Å²) in [5.41, 5.74) is 0.319. The zero-order valence-electron chi connectivity index (χ0n) is 11.6. The Morgan fingerprint density at radius 3 is 2.57 bits per heavy atom. The Labute approximate surface area is 127 Å². The van der Waals surface area contributed by atoms with E-state index in [0.29, 0.717) is 10.6 Å². The fraction of sp³-hybridized carbons (Fsp3) is 0.500. The molecule has 0 bridgehead atoms. The largest absolute Gasteiger partial charge is 0.296 e. The summed E-state index contributed by atoms with van der Waals surface area (Å²) in [6.07, 6.45) is 4.19. The molecule has 0 aromatic heterocycles. The average Bonchev–Trinajstić information content (AvgIpc) is 2.91. The number of carbonyl (C=O) groups is 2. The third-order valence-electron chi connectivity index (χ3n) is 4.68. The van der Waals surface area contributed by atoms with Crippen LogP contribution in [-0.4, -0.2) is 11.8 Å². The van der Waals surface area contributed by atoms with Gasteiger partial charge in [-0.25, -0.2) is 4.39 Å². The highest BCUT2D eigenvalue weighted by atomic mass is 35.5. The minimum absolute atomic E-state index is 0.119. The molecule has 2 fully saturated rings. The van der Waals surface area contributed by atoms with Gasteiger partial charge in [-0.3, -0.25) is 14.9 Å². The van der Waals surface area contributed by atoms with Crippen molar-refractivity contribution in [2.75, 3.05) is 0 Å². The molecule has 1 aromatic carbocycles. The number of hydrogen-bond acceptors (Lipinski definition) is 2. The molecular weight excluding hydrogens is 293 g/mol. The molecule has 1 heterocycles. The van der Waals surface area contributed by atoms with Gasteiger partial charge >= 0.3 is 0 Å². The highest BCUT2D eigenvalue weighted by Crippen LogP contribution is 2.45. The van der Waals surface area contributed by atoms with Gasteiger partial charge in [0.25, 0.3) is 0 Å². The van der Waals surface area contributed by atoms with E-state index >= 15 is 0 Å². The summed E-state index contributed by atoms with van der Waals surface area (Å²) in [7, 11) is 0. The van der Waals surface area contributed by atoms with Crippen molar-refractivity contribution >= 4 is 23.4 Å². The maximum atomic E-state index is 14.2. The summed E-state index contributed by atoms with van der Waals surface area (Å²) in [4.78, 5) is 24.0. The fourth-order valence-corrected chi connectivity index (χ4v) is 4.09. The van der Waals surface area contributed by atoms with Gasteiger partial charge < -0.3 is 0 Å². The van der Waals surface area contributed by atoms with Crippen LogP contribution in [0.1, 0.15) is 43.6 Å². The first-order valence-electron chi connectivity index (χ1n) is 7.35. The molecule has 2 atom stereocenters. The minimum Gasteiger partial charge on any atom is -0.296 e. The Morgan fingerprint density at radius 2 is 1.90 bits per heavy atom. The number of hydrogen-bond donors (Lipinski definition) is 1. The molecular formula is C16H17ClFNO2. The zero-order valence-corrected chi connectivity index (χ0v) is 12.3. The van der Waals surface area contributed by atoms with Gasteiger partial charge in [-0.05, 0) is 30.9 Å². The van der Waals surface area contributed by atoms with Crippen LogP contribution in [0.4, 0.5) is 4.39 Å². The van der Waals surface area contributed by atoms with E-state index in [1.165, 1.54) is 12.1 Å². The normalized spacial score (nSPS) is 27.0. The third kappa shape index (κ3) is 2.69. The van der Waals surface area contributed by atoms with Gasteiger partial charge in [-0.2, -0.15) is 0 Å². The highest BCUT2D eigenvalue weighted by molar-refractivity contribution is 6.31. The molecule has 2 unspecified atom stereocenters. The Bertz CT molecular complexity index is 563. The van der Waals surface area contributed by atoms with Crippen LogP contribution < -0.4 is 5.32 Å². The lowest BCUT2D eigenvalue weighted by molar-refractivity contribution is -0.138. The summed E-state index contributed by atoms with van der Waals surface area (Å²) in [5, 5.41) is 2.70. The van der Waals surface area contributed by atoms with E-state index in [1.54, 1.807) is 6.07 Å². The SMILES string of the molecule is O=C1CC(c2c(F)cccc2Cl)C(C2CCCC2)C(=O)N1. The molecule has 2 amide bonds. The fourth-order valence-electron chi connectivity index (χ4n) is 3.79. The molecule has 1 aliphatic heterocycles. The number of halogens is 2. The molecule has 0 spiro atoms. The van der Waals surface area contributed by atoms with Crippen LogP contribution in [0.25, 0.3) is 0 Å². The Kier molecular flexibility index (Phi) is 3.98. The summed E-state index contributed by atoms with van der Waals surface area (Å²) < 4.78 is 14.2. The van der Waals surface area contributed by atoms with Crippen molar-refractivity contribution in [1.82, 2.24) is 5.32 Å². The van der Waals surface area contributed by atoms with E-state index in [4.69, 9.17) is 11.6 Å². The molecule has 1 saturated carbocycles. The lowest BCUT2D eigenvalue weighted by Crippen LogP contribution is -2.47. The standard InChI is InChI=1S/C16H17ClFNO2/c17-11-6-3-7-12(18)15(11)10-8-13(20)19-16(21)14(10)9-4-1-2-5-9/h3,6-7,9-10,14H,1-2,4-5,8H2,(H,19,20,21). The van der Waals surface area contributed by atoms with Gasteiger partial charge in [0.2, 0.25) is 11.8 Å². The predicted octanol–water partition coefficient (Wildman–Crippen LogP) is 3.42. The van der Waals surface area contributed by atoms with Crippen LogP contribution in [0.5, 0.6) is 0 Å². The van der Waals surface area contributed by atoms with Gasteiger partial charge in [0.15, 0.2) is 0 Å². The van der Waals surface area contributed by atoms with E-state index < -0.39 is 11.7 Å². The Morgan fingerprint density at radius 1 is 1.19 bits per heavy atom. The molecule has 21 heavy (non-hydrogen) atoms. The van der Waals surface area contributed by atoms with Gasteiger partial charge in [0.1, 0.15) is 5.82 Å². The zero-order chi connectivity index (χ0) is 15.0. The van der Waals surface area contributed by atoms with Crippen molar-refractivity contribution in [1.29, 1.82) is 0 Å².